The molecule has 0 aliphatic rings. The maximum absolute atomic E-state index is 5.22. The Kier molecular flexibility index (Phi) is 2.43. The lowest BCUT2D eigenvalue weighted by Gasteiger charge is -2.01. The number of rotatable bonds is 2. The molecule has 0 N–H and O–H groups in total. The van der Waals surface area contributed by atoms with Crippen LogP contribution in [0.15, 0.2) is 42.5 Å². The molecule has 0 heterocycles. The van der Waals surface area contributed by atoms with E-state index in [1.54, 1.807) is 7.11 Å². The minimum absolute atomic E-state index is 0.489. The zero-order valence-corrected chi connectivity index (χ0v) is 9.07. The molecular weight excluding hydrogens is 176 g/mol. The first-order chi connectivity index (χ1) is 6.40. The van der Waals surface area contributed by atoms with Crippen LogP contribution >= 0.6 is 0 Å². The molecule has 2 aromatic carbocycles. The topological polar surface area (TPSA) is 9.23 Å². The van der Waals surface area contributed by atoms with Crippen molar-refractivity contribution in [2.45, 2.75) is 0 Å². The molecule has 0 radical (unpaired) electrons. The van der Waals surface area contributed by atoms with Crippen LogP contribution in [0.5, 0.6) is 0 Å². The summed E-state index contributed by atoms with van der Waals surface area (Å²) >= 11 is 0. The Hall–Kier alpha value is -1.12. The van der Waals surface area contributed by atoms with Gasteiger partial charge in [-0.15, -0.1) is 0 Å². The standard InChI is InChI=1S/C11H12OSi/c1-12-13-11-7-6-9-4-2-3-5-10(9)8-11/h2-8H,13H2,1H3. The quantitative estimate of drug-likeness (QED) is 0.643. The van der Waals surface area contributed by atoms with E-state index in [1.807, 2.05) is 0 Å². The van der Waals surface area contributed by atoms with E-state index < -0.39 is 9.76 Å². The van der Waals surface area contributed by atoms with E-state index >= 15 is 0 Å². The predicted octanol–water partition coefficient (Wildman–Crippen LogP) is 1.20. The molecule has 66 valence electrons. The molecule has 0 atom stereocenters. The lowest BCUT2D eigenvalue weighted by Crippen LogP contribution is -2.14. The lowest BCUT2D eigenvalue weighted by atomic mass is 10.1. The van der Waals surface area contributed by atoms with Crippen LogP contribution in [0.4, 0.5) is 0 Å². The third kappa shape index (κ3) is 1.79. The Morgan fingerprint density at radius 2 is 1.77 bits per heavy atom. The fourth-order valence-electron chi connectivity index (χ4n) is 1.50. The second kappa shape index (κ2) is 3.73. The fourth-order valence-corrected chi connectivity index (χ4v) is 2.35. The summed E-state index contributed by atoms with van der Waals surface area (Å²) in [5.74, 6) is 0. The summed E-state index contributed by atoms with van der Waals surface area (Å²) < 4.78 is 5.22. The summed E-state index contributed by atoms with van der Waals surface area (Å²) in [4.78, 5) is 0. The van der Waals surface area contributed by atoms with Crippen molar-refractivity contribution >= 4 is 25.7 Å². The monoisotopic (exact) mass is 188 g/mol. The molecule has 2 rings (SSSR count). The van der Waals surface area contributed by atoms with E-state index in [2.05, 4.69) is 42.5 Å². The highest BCUT2D eigenvalue weighted by atomic mass is 28.2. The van der Waals surface area contributed by atoms with Crippen LogP contribution in [0, 0.1) is 0 Å². The zero-order valence-electron chi connectivity index (χ0n) is 7.66. The molecule has 13 heavy (non-hydrogen) atoms. The molecule has 0 aliphatic carbocycles. The van der Waals surface area contributed by atoms with Crippen LogP contribution in [0.25, 0.3) is 10.8 Å². The van der Waals surface area contributed by atoms with Gasteiger partial charge in [-0.1, -0.05) is 42.5 Å². The zero-order chi connectivity index (χ0) is 9.10. The highest BCUT2D eigenvalue weighted by Crippen LogP contribution is 2.10. The van der Waals surface area contributed by atoms with Crippen molar-refractivity contribution in [3.8, 4) is 0 Å². The Balaban J connectivity index is 2.49. The molecule has 0 bridgehead atoms. The lowest BCUT2D eigenvalue weighted by molar-refractivity contribution is 0.450. The molecule has 2 aromatic rings. The summed E-state index contributed by atoms with van der Waals surface area (Å²) in [6.07, 6.45) is 0. The summed E-state index contributed by atoms with van der Waals surface area (Å²) in [6.45, 7) is 0. The van der Waals surface area contributed by atoms with Crippen molar-refractivity contribution in [2.24, 2.45) is 0 Å². The maximum atomic E-state index is 5.22. The predicted molar refractivity (Wildman–Crippen MR) is 59.1 cm³/mol. The average molecular weight is 188 g/mol. The minimum Gasteiger partial charge on any atom is -0.422 e. The van der Waals surface area contributed by atoms with Gasteiger partial charge in [0.25, 0.3) is 0 Å². The van der Waals surface area contributed by atoms with Crippen molar-refractivity contribution < 1.29 is 4.43 Å². The van der Waals surface area contributed by atoms with E-state index in [4.69, 9.17) is 4.43 Å². The van der Waals surface area contributed by atoms with Gasteiger partial charge < -0.3 is 4.43 Å². The van der Waals surface area contributed by atoms with Crippen molar-refractivity contribution in [3.63, 3.8) is 0 Å². The summed E-state index contributed by atoms with van der Waals surface area (Å²) in [6, 6.07) is 15.0. The van der Waals surface area contributed by atoms with Gasteiger partial charge in [-0.25, -0.2) is 0 Å². The normalized spacial score (nSPS) is 11.5. The summed E-state index contributed by atoms with van der Waals surface area (Å²) in [5.41, 5.74) is 0. The SMILES string of the molecule is CO[SiH2]c1ccc2ccccc2c1. The first-order valence-corrected chi connectivity index (χ1v) is 5.65. The highest BCUT2D eigenvalue weighted by Gasteiger charge is 1.95. The van der Waals surface area contributed by atoms with Crippen LogP contribution in [0.2, 0.25) is 0 Å². The van der Waals surface area contributed by atoms with Crippen molar-refractivity contribution in [1.29, 1.82) is 0 Å². The van der Waals surface area contributed by atoms with Gasteiger partial charge in [0, 0.05) is 7.11 Å². The Morgan fingerprint density at radius 3 is 2.54 bits per heavy atom. The molecule has 0 fully saturated rings. The summed E-state index contributed by atoms with van der Waals surface area (Å²) in [7, 11) is 1.29. The number of benzene rings is 2. The second-order valence-corrected chi connectivity index (χ2v) is 4.80. The van der Waals surface area contributed by atoms with Gasteiger partial charge in [0.1, 0.15) is 0 Å². The van der Waals surface area contributed by atoms with Crippen molar-refractivity contribution in [1.82, 2.24) is 0 Å². The molecule has 0 aliphatic heterocycles. The molecule has 2 heteroatoms. The number of fused-ring (bicyclic) bond motifs is 1. The smallest absolute Gasteiger partial charge is 0.191 e. The minimum atomic E-state index is -0.489. The van der Waals surface area contributed by atoms with Gasteiger partial charge in [0.15, 0.2) is 9.76 Å². The number of hydrogen-bond donors (Lipinski definition) is 0. The van der Waals surface area contributed by atoms with Gasteiger partial charge >= 0.3 is 0 Å². The molecule has 0 spiro atoms. The molecule has 0 unspecified atom stereocenters. The molecule has 0 amide bonds. The van der Waals surface area contributed by atoms with Gasteiger partial charge in [-0.05, 0) is 16.0 Å². The van der Waals surface area contributed by atoms with Crippen LogP contribution < -0.4 is 5.19 Å². The Bertz CT molecular complexity index is 412. The molecular formula is C11H12OSi. The summed E-state index contributed by atoms with van der Waals surface area (Å²) in [5, 5.41) is 3.97. The first-order valence-electron chi connectivity index (χ1n) is 4.37. The van der Waals surface area contributed by atoms with Crippen LogP contribution in [0.1, 0.15) is 0 Å². The van der Waals surface area contributed by atoms with Crippen molar-refractivity contribution in [2.75, 3.05) is 7.11 Å². The largest absolute Gasteiger partial charge is 0.422 e. The van der Waals surface area contributed by atoms with Crippen LogP contribution in [-0.4, -0.2) is 16.9 Å². The number of hydrogen-bond acceptors (Lipinski definition) is 1. The molecule has 0 saturated heterocycles. The van der Waals surface area contributed by atoms with E-state index in [-0.39, 0.29) is 0 Å². The third-order valence-corrected chi connectivity index (χ3v) is 3.19. The highest BCUT2D eigenvalue weighted by molar-refractivity contribution is 6.47. The molecule has 0 aromatic heterocycles. The van der Waals surface area contributed by atoms with E-state index in [0.29, 0.717) is 0 Å². The van der Waals surface area contributed by atoms with Crippen molar-refractivity contribution in [3.05, 3.63) is 42.5 Å². The van der Waals surface area contributed by atoms with E-state index in [0.717, 1.165) is 0 Å². The molecule has 0 saturated carbocycles. The maximum Gasteiger partial charge on any atom is 0.191 e. The first kappa shape index (κ1) is 8.47. The van der Waals surface area contributed by atoms with Crippen LogP contribution in [-0.2, 0) is 4.43 Å². The van der Waals surface area contributed by atoms with Gasteiger partial charge in [0.2, 0.25) is 0 Å². The van der Waals surface area contributed by atoms with Gasteiger partial charge in [-0.2, -0.15) is 0 Å². The van der Waals surface area contributed by atoms with E-state index in [1.165, 1.54) is 16.0 Å². The Labute approximate surface area is 80.3 Å². The van der Waals surface area contributed by atoms with Gasteiger partial charge in [0.05, 0.1) is 0 Å². The average Bonchev–Trinajstić information content (AvgIpc) is 2.18. The van der Waals surface area contributed by atoms with Crippen LogP contribution in [0.3, 0.4) is 0 Å². The second-order valence-electron chi connectivity index (χ2n) is 3.11. The van der Waals surface area contributed by atoms with E-state index in [9.17, 15) is 0 Å². The fraction of sp³-hybridized carbons (Fsp3) is 0.0909. The molecule has 1 nitrogen and oxygen atoms in total. The van der Waals surface area contributed by atoms with Gasteiger partial charge in [-0.3, -0.25) is 0 Å². The third-order valence-electron chi connectivity index (χ3n) is 2.12. The Morgan fingerprint density at radius 1 is 1.00 bits per heavy atom.